The first-order chi connectivity index (χ1) is 9.65. The molecule has 1 N–H and O–H groups in total. The highest BCUT2D eigenvalue weighted by Gasteiger charge is 2.26. The van der Waals surface area contributed by atoms with Crippen LogP contribution in [-0.2, 0) is 0 Å². The summed E-state index contributed by atoms with van der Waals surface area (Å²) in [5, 5.41) is 10.5. The SMILES string of the molecule is CCN(CC)c1ccc(N=NC2N(C)NC=[N+]2C)cc1. The third-order valence-corrected chi connectivity index (χ3v) is 3.43. The van der Waals surface area contributed by atoms with Crippen molar-refractivity contribution >= 4 is 17.7 Å². The Balaban J connectivity index is 2.05. The molecule has 108 valence electrons. The predicted octanol–water partition coefficient (Wildman–Crippen LogP) is 2.02. The van der Waals surface area contributed by atoms with Crippen molar-refractivity contribution in [1.29, 1.82) is 0 Å². The van der Waals surface area contributed by atoms with Crippen LogP contribution in [0.2, 0.25) is 0 Å². The lowest BCUT2D eigenvalue weighted by Gasteiger charge is -2.20. The zero-order valence-corrected chi connectivity index (χ0v) is 12.6. The fraction of sp³-hybridized carbons (Fsp3) is 0.500. The molecule has 0 saturated carbocycles. The minimum Gasteiger partial charge on any atom is -0.372 e. The zero-order valence-electron chi connectivity index (χ0n) is 12.6. The maximum absolute atomic E-state index is 4.34. The summed E-state index contributed by atoms with van der Waals surface area (Å²) in [6.45, 7) is 6.34. The summed E-state index contributed by atoms with van der Waals surface area (Å²) in [5.41, 5.74) is 5.16. The van der Waals surface area contributed by atoms with Crippen LogP contribution in [0.5, 0.6) is 0 Å². The Morgan fingerprint density at radius 3 is 2.40 bits per heavy atom. The van der Waals surface area contributed by atoms with Crippen molar-refractivity contribution in [3.05, 3.63) is 24.3 Å². The average Bonchev–Trinajstić information content (AvgIpc) is 2.78. The van der Waals surface area contributed by atoms with Gasteiger partial charge in [-0.1, -0.05) is 5.01 Å². The highest BCUT2D eigenvalue weighted by atomic mass is 15.7. The zero-order chi connectivity index (χ0) is 14.5. The first-order valence-corrected chi connectivity index (χ1v) is 6.95. The van der Waals surface area contributed by atoms with Crippen LogP contribution in [0, 0.1) is 0 Å². The number of benzene rings is 1. The van der Waals surface area contributed by atoms with Crippen LogP contribution in [0.15, 0.2) is 34.5 Å². The lowest BCUT2D eigenvalue weighted by molar-refractivity contribution is -0.545. The Morgan fingerprint density at radius 2 is 1.90 bits per heavy atom. The van der Waals surface area contributed by atoms with Gasteiger partial charge >= 0.3 is 0 Å². The Kier molecular flexibility index (Phi) is 4.68. The summed E-state index contributed by atoms with van der Waals surface area (Å²) in [6.07, 6.45) is 1.77. The maximum atomic E-state index is 4.34. The molecule has 2 rings (SSSR count). The Bertz CT molecular complexity index is 489. The van der Waals surface area contributed by atoms with Crippen molar-refractivity contribution in [3.63, 3.8) is 0 Å². The van der Waals surface area contributed by atoms with Gasteiger partial charge in [-0.05, 0) is 38.1 Å². The van der Waals surface area contributed by atoms with Gasteiger partial charge < -0.3 is 4.90 Å². The van der Waals surface area contributed by atoms with Crippen LogP contribution in [0.25, 0.3) is 0 Å². The van der Waals surface area contributed by atoms with E-state index in [-0.39, 0.29) is 6.29 Å². The van der Waals surface area contributed by atoms with Gasteiger partial charge in [0.05, 0.1) is 12.7 Å². The van der Waals surface area contributed by atoms with Crippen LogP contribution in [-0.4, -0.2) is 49.4 Å². The van der Waals surface area contributed by atoms with E-state index in [1.54, 1.807) is 0 Å². The molecule has 1 heterocycles. The summed E-state index contributed by atoms with van der Waals surface area (Å²) in [6, 6.07) is 8.19. The van der Waals surface area contributed by atoms with E-state index in [1.807, 2.05) is 42.2 Å². The van der Waals surface area contributed by atoms with Crippen LogP contribution in [0.1, 0.15) is 13.8 Å². The van der Waals surface area contributed by atoms with Crippen LogP contribution in [0.3, 0.4) is 0 Å². The van der Waals surface area contributed by atoms with Crippen molar-refractivity contribution in [2.75, 3.05) is 32.1 Å². The van der Waals surface area contributed by atoms with E-state index in [1.165, 1.54) is 5.69 Å². The fourth-order valence-electron chi connectivity index (χ4n) is 2.18. The first-order valence-electron chi connectivity index (χ1n) is 6.95. The number of hydrazine groups is 1. The number of azo groups is 1. The molecule has 0 spiro atoms. The molecular formula is C14H23N6+. The average molecular weight is 275 g/mol. The number of hydrogen-bond donors (Lipinski definition) is 1. The minimum atomic E-state index is -0.0996. The molecule has 0 fully saturated rings. The van der Waals surface area contributed by atoms with Crippen molar-refractivity contribution in [2.24, 2.45) is 10.2 Å². The summed E-state index contributed by atoms with van der Waals surface area (Å²) < 4.78 is 1.97. The molecule has 0 amide bonds. The van der Waals surface area contributed by atoms with Crippen molar-refractivity contribution < 1.29 is 4.58 Å². The van der Waals surface area contributed by atoms with Gasteiger partial charge in [-0.15, -0.1) is 5.11 Å². The topological polar surface area (TPSA) is 46.2 Å². The largest absolute Gasteiger partial charge is 0.372 e. The van der Waals surface area contributed by atoms with Crippen LogP contribution >= 0.6 is 0 Å². The molecule has 1 aliphatic heterocycles. The Labute approximate surface area is 120 Å². The van der Waals surface area contributed by atoms with Gasteiger partial charge in [-0.2, -0.15) is 10.5 Å². The number of nitrogens with one attached hydrogen (secondary N) is 1. The summed E-state index contributed by atoms with van der Waals surface area (Å²) in [7, 11) is 3.90. The smallest absolute Gasteiger partial charge is 0.297 e. The molecule has 1 atom stereocenters. The van der Waals surface area contributed by atoms with Crippen molar-refractivity contribution in [3.8, 4) is 0 Å². The van der Waals surface area contributed by atoms with Crippen LogP contribution < -0.4 is 10.3 Å². The monoisotopic (exact) mass is 275 g/mol. The Hall–Kier alpha value is -1.95. The van der Waals surface area contributed by atoms with Gasteiger partial charge in [0.1, 0.15) is 0 Å². The predicted molar refractivity (Wildman–Crippen MR) is 81.5 cm³/mol. The lowest BCUT2D eigenvalue weighted by Crippen LogP contribution is -2.36. The van der Waals surface area contributed by atoms with E-state index < -0.39 is 0 Å². The van der Waals surface area contributed by atoms with Gasteiger partial charge in [0.15, 0.2) is 0 Å². The minimum absolute atomic E-state index is 0.0996. The third kappa shape index (κ3) is 3.14. The van der Waals surface area contributed by atoms with E-state index in [0.717, 1.165) is 18.8 Å². The number of nitrogens with zero attached hydrogens (tertiary/aromatic N) is 5. The van der Waals surface area contributed by atoms with Gasteiger partial charge in [-0.25, -0.2) is 4.58 Å². The summed E-state index contributed by atoms with van der Waals surface area (Å²) in [5.74, 6) is 0. The van der Waals surface area contributed by atoms with E-state index in [0.29, 0.717) is 0 Å². The molecule has 0 bridgehead atoms. The van der Waals surface area contributed by atoms with Gasteiger partial charge in [0, 0.05) is 25.8 Å². The standard InChI is InChI=1S/C14H22N6/c1-5-20(6-2)13-9-7-12(8-10-13)16-17-14-18(3)11-15-19(14)4/h7-11,14H,5-6H2,1-4H3/p+1. The molecule has 20 heavy (non-hydrogen) atoms. The second-order valence-corrected chi connectivity index (χ2v) is 4.79. The van der Waals surface area contributed by atoms with E-state index in [4.69, 9.17) is 0 Å². The van der Waals surface area contributed by atoms with Gasteiger partial charge in [0.2, 0.25) is 0 Å². The molecule has 0 aliphatic carbocycles. The summed E-state index contributed by atoms with van der Waals surface area (Å²) in [4.78, 5) is 2.30. The molecule has 0 saturated heterocycles. The number of anilines is 1. The van der Waals surface area contributed by atoms with Gasteiger partial charge in [-0.3, -0.25) is 0 Å². The molecule has 6 nitrogen and oxygen atoms in total. The van der Waals surface area contributed by atoms with E-state index >= 15 is 0 Å². The van der Waals surface area contributed by atoms with E-state index in [9.17, 15) is 0 Å². The molecule has 0 radical (unpaired) electrons. The summed E-state index contributed by atoms with van der Waals surface area (Å²) >= 11 is 0. The van der Waals surface area contributed by atoms with Crippen molar-refractivity contribution in [2.45, 2.75) is 20.1 Å². The molecule has 1 aliphatic rings. The molecule has 0 aromatic heterocycles. The highest BCUT2D eigenvalue weighted by molar-refractivity contribution is 5.52. The molecule has 1 unspecified atom stereocenters. The van der Waals surface area contributed by atoms with Crippen molar-refractivity contribution in [1.82, 2.24) is 10.4 Å². The third-order valence-electron chi connectivity index (χ3n) is 3.43. The van der Waals surface area contributed by atoms with E-state index in [2.05, 4.69) is 46.5 Å². The number of hydrogen-bond acceptors (Lipinski definition) is 5. The molecular weight excluding hydrogens is 252 g/mol. The second kappa shape index (κ2) is 6.47. The number of rotatable bonds is 5. The van der Waals surface area contributed by atoms with Gasteiger partial charge in [0.25, 0.3) is 12.6 Å². The Morgan fingerprint density at radius 1 is 1.25 bits per heavy atom. The molecule has 6 heteroatoms. The first kappa shape index (κ1) is 14.5. The van der Waals surface area contributed by atoms with Crippen LogP contribution in [0.4, 0.5) is 11.4 Å². The highest BCUT2D eigenvalue weighted by Crippen LogP contribution is 2.20. The fourth-order valence-corrected chi connectivity index (χ4v) is 2.18. The second-order valence-electron chi connectivity index (χ2n) is 4.79. The molecule has 1 aromatic rings. The quantitative estimate of drug-likeness (QED) is 0.660. The normalized spacial score (nSPS) is 19.2. The maximum Gasteiger partial charge on any atom is 0.297 e. The lowest BCUT2D eigenvalue weighted by atomic mass is 10.2. The molecule has 1 aromatic carbocycles.